The minimum atomic E-state index is -0.504. The highest BCUT2D eigenvalue weighted by molar-refractivity contribution is 5.92. The van der Waals surface area contributed by atoms with Gasteiger partial charge in [0, 0.05) is 37.2 Å². The van der Waals surface area contributed by atoms with Crippen LogP contribution in [0.2, 0.25) is 0 Å². The number of fused-ring (bicyclic) bond motifs is 1. The number of benzene rings is 2. The zero-order valence-electron chi connectivity index (χ0n) is 17.8. The summed E-state index contributed by atoms with van der Waals surface area (Å²) in [5.41, 5.74) is 1.84. The third-order valence-electron chi connectivity index (χ3n) is 6.58. The summed E-state index contributed by atoms with van der Waals surface area (Å²) in [6.45, 7) is 0.936. The Hall–Kier alpha value is -2.57. The summed E-state index contributed by atoms with van der Waals surface area (Å²) in [6.07, 6.45) is 6.26. The number of nitrogens with one attached hydrogen (secondary N) is 1. The van der Waals surface area contributed by atoms with Crippen molar-refractivity contribution in [2.75, 3.05) is 18.5 Å². The molecule has 2 N–H and O–H groups in total. The number of aliphatic hydroxyl groups excluding tert-OH is 1. The molecule has 3 aliphatic rings. The van der Waals surface area contributed by atoms with Gasteiger partial charge in [0.05, 0.1) is 13.2 Å². The van der Waals surface area contributed by atoms with E-state index in [0.717, 1.165) is 49.8 Å². The van der Waals surface area contributed by atoms with E-state index in [0.29, 0.717) is 23.9 Å². The van der Waals surface area contributed by atoms with E-state index in [1.807, 2.05) is 36.4 Å². The van der Waals surface area contributed by atoms with Crippen LogP contribution in [-0.2, 0) is 11.3 Å². The summed E-state index contributed by atoms with van der Waals surface area (Å²) in [7, 11) is 0. The third kappa shape index (κ3) is 4.55. The minimum Gasteiger partial charge on any atom is -0.448 e. The number of anilines is 1. The number of aliphatic hydroxyl groups is 1. The highest BCUT2D eigenvalue weighted by atomic mass is 16.7. The molecular formula is C25H30N2O4. The normalized spacial score (nSPS) is 19.7. The van der Waals surface area contributed by atoms with Gasteiger partial charge < -0.3 is 19.9 Å². The zero-order chi connectivity index (χ0) is 21.3. The Morgan fingerprint density at radius 3 is 2.55 bits per heavy atom. The molecule has 164 valence electrons. The SMILES string of the molecule is O=C(CN(Cc1ccccc1)C(CO)C1CC1)Nc1ccc2c(c1)OC1(CCCC1)O2. The van der Waals surface area contributed by atoms with Crippen molar-refractivity contribution in [1.29, 1.82) is 0 Å². The lowest BCUT2D eigenvalue weighted by Crippen LogP contribution is -2.43. The fourth-order valence-electron chi connectivity index (χ4n) is 4.83. The van der Waals surface area contributed by atoms with E-state index in [9.17, 15) is 9.90 Å². The van der Waals surface area contributed by atoms with Gasteiger partial charge in [0.15, 0.2) is 11.5 Å². The molecule has 1 atom stereocenters. The second-order valence-electron chi connectivity index (χ2n) is 9.01. The fourth-order valence-corrected chi connectivity index (χ4v) is 4.83. The topological polar surface area (TPSA) is 71.0 Å². The van der Waals surface area contributed by atoms with E-state index in [1.54, 1.807) is 0 Å². The summed E-state index contributed by atoms with van der Waals surface area (Å²) in [5, 5.41) is 13.0. The summed E-state index contributed by atoms with van der Waals surface area (Å²) < 4.78 is 12.2. The van der Waals surface area contributed by atoms with Gasteiger partial charge >= 0.3 is 0 Å². The van der Waals surface area contributed by atoms with Gasteiger partial charge in [-0.05, 0) is 49.3 Å². The maximum absolute atomic E-state index is 12.9. The lowest BCUT2D eigenvalue weighted by atomic mass is 10.1. The van der Waals surface area contributed by atoms with Crippen molar-refractivity contribution in [2.24, 2.45) is 5.92 Å². The van der Waals surface area contributed by atoms with Gasteiger partial charge in [0.1, 0.15) is 0 Å². The van der Waals surface area contributed by atoms with Crippen LogP contribution < -0.4 is 14.8 Å². The van der Waals surface area contributed by atoms with Gasteiger partial charge in [-0.25, -0.2) is 0 Å². The molecule has 1 aliphatic heterocycles. The number of rotatable bonds is 8. The summed E-state index contributed by atoms with van der Waals surface area (Å²) in [6, 6.07) is 15.7. The number of hydrogen-bond donors (Lipinski definition) is 2. The van der Waals surface area contributed by atoms with E-state index in [-0.39, 0.29) is 25.1 Å². The second-order valence-corrected chi connectivity index (χ2v) is 9.01. The molecule has 6 heteroatoms. The van der Waals surface area contributed by atoms with Crippen LogP contribution in [0.25, 0.3) is 0 Å². The number of amides is 1. The van der Waals surface area contributed by atoms with E-state index in [1.165, 1.54) is 0 Å². The van der Waals surface area contributed by atoms with Gasteiger partial charge in [0.25, 0.3) is 5.79 Å². The smallest absolute Gasteiger partial charge is 0.251 e. The molecule has 2 saturated carbocycles. The summed E-state index contributed by atoms with van der Waals surface area (Å²) in [5.74, 6) is 1.32. The fraction of sp³-hybridized carbons (Fsp3) is 0.480. The van der Waals surface area contributed by atoms with Gasteiger partial charge in [-0.3, -0.25) is 9.69 Å². The molecule has 1 unspecified atom stereocenters. The van der Waals surface area contributed by atoms with E-state index >= 15 is 0 Å². The van der Waals surface area contributed by atoms with E-state index in [4.69, 9.17) is 9.47 Å². The van der Waals surface area contributed by atoms with Gasteiger partial charge in [-0.2, -0.15) is 0 Å². The van der Waals surface area contributed by atoms with Crippen LogP contribution in [0.5, 0.6) is 11.5 Å². The molecule has 2 aliphatic carbocycles. The number of ether oxygens (including phenoxy) is 2. The van der Waals surface area contributed by atoms with Crippen LogP contribution in [0.3, 0.4) is 0 Å². The Kier molecular flexibility index (Phi) is 5.59. The standard InChI is InChI=1S/C25H30N2O4/c28-17-21(19-8-9-19)27(15-18-6-2-1-3-7-18)16-24(29)26-20-10-11-22-23(14-20)31-25(30-22)12-4-5-13-25/h1-3,6-7,10-11,14,19,21,28H,4-5,8-9,12-13,15-17H2,(H,26,29). The number of carbonyl (C=O) groups excluding carboxylic acids is 1. The predicted molar refractivity (Wildman–Crippen MR) is 118 cm³/mol. The molecule has 2 fully saturated rings. The van der Waals surface area contributed by atoms with Crippen molar-refractivity contribution in [1.82, 2.24) is 4.90 Å². The average molecular weight is 423 g/mol. The highest BCUT2D eigenvalue weighted by Crippen LogP contribution is 2.47. The quantitative estimate of drug-likeness (QED) is 0.674. The molecule has 0 radical (unpaired) electrons. The van der Waals surface area contributed by atoms with Crippen molar-refractivity contribution < 1.29 is 19.4 Å². The minimum absolute atomic E-state index is 0.00457. The number of carbonyl (C=O) groups is 1. The molecule has 2 aromatic carbocycles. The molecule has 2 aromatic rings. The van der Waals surface area contributed by atoms with Crippen LogP contribution in [0.4, 0.5) is 5.69 Å². The van der Waals surface area contributed by atoms with E-state index in [2.05, 4.69) is 22.3 Å². The Bertz CT molecular complexity index is 922. The van der Waals surface area contributed by atoms with Crippen LogP contribution >= 0.6 is 0 Å². The second kappa shape index (κ2) is 8.52. The Balaban J connectivity index is 1.26. The first-order chi connectivity index (χ1) is 15.1. The molecule has 1 amide bonds. The van der Waals surface area contributed by atoms with Crippen LogP contribution in [-0.4, -0.2) is 40.9 Å². The van der Waals surface area contributed by atoms with Crippen LogP contribution in [0.15, 0.2) is 48.5 Å². The van der Waals surface area contributed by atoms with Crippen LogP contribution in [0.1, 0.15) is 44.1 Å². The highest BCUT2D eigenvalue weighted by Gasteiger charge is 2.44. The lowest BCUT2D eigenvalue weighted by Gasteiger charge is -2.30. The maximum Gasteiger partial charge on any atom is 0.251 e. The average Bonchev–Trinajstić information content (AvgIpc) is 3.39. The number of nitrogens with zero attached hydrogens (tertiary/aromatic N) is 1. The van der Waals surface area contributed by atoms with E-state index < -0.39 is 5.79 Å². The Morgan fingerprint density at radius 2 is 1.84 bits per heavy atom. The van der Waals surface area contributed by atoms with Crippen molar-refractivity contribution in [2.45, 2.75) is 56.9 Å². The molecule has 1 spiro atoms. The van der Waals surface area contributed by atoms with Crippen LogP contribution in [0, 0.1) is 5.92 Å². The lowest BCUT2D eigenvalue weighted by molar-refractivity contribution is -0.118. The summed E-state index contributed by atoms with van der Waals surface area (Å²) in [4.78, 5) is 15.0. The van der Waals surface area contributed by atoms with Gasteiger partial charge in [-0.1, -0.05) is 30.3 Å². The summed E-state index contributed by atoms with van der Waals surface area (Å²) >= 11 is 0. The molecule has 6 nitrogen and oxygen atoms in total. The Morgan fingerprint density at radius 1 is 1.10 bits per heavy atom. The predicted octanol–water partition coefficient (Wildman–Crippen LogP) is 3.94. The first kappa shape index (κ1) is 20.3. The van der Waals surface area contributed by atoms with Crippen molar-refractivity contribution in [3.05, 3.63) is 54.1 Å². The van der Waals surface area contributed by atoms with Gasteiger partial charge in [-0.15, -0.1) is 0 Å². The Labute approximate surface area is 183 Å². The van der Waals surface area contributed by atoms with Crippen molar-refractivity contribution >= 4 is 11.6 Å². The maximum atomic E-state index is 12.9. The molecule has 0 saturated heterocycles. The monoisotopic (exact) mass is 422 g/mol. The molecular weight excluding hydrogens is 392 g/mol. The molecule has 1 heterocycles. The van der Waals surface area contributed by atoms with Gasteiger partial charge in [0.2, 0.25) is 5.91 Å². The largest absolute Gasteiger partial charge is 0.448 e. The van der Waals surface area contributed by atoms with Crippen molar-refractivity contribution in [3.63, 3.8) is 0 Å². The molecule has 5 rings (SSSR count). The number of hydrogen-bond acceptors (Lipinski definition) is 5. The molecule has 31 heavy (non-hydrogen) atoms. The first-order valence-electron chi connectivity index (χ1n) is 11.3. The first-order valence-corrected chi connectivity index (χ1v) is 11.3. The van der Waals surface area contributed by atoms with Crippen molar-refractivity contribution in [3.8, 4) is 11.5 Å². The third-order valence-corrected chi connectivity index (χ3v) is 6.58. The zero-order valence-corrected chi connectivity index (χ0v) is 17.8. The molecule has 0 bridgehead atoms. The molecule has 0 aromatic heterocycles.